The lowest BCUT2D eigenvalue weighted by Gasteiger charge is -2.04. The third kappa shape index (κ3) is 1.91. The lowest BCUT2D eigenvalue weighted by Crippen LogP contribution is -2.01. The number of carboxylic acid groups (broad SMARTS) is 1. The first-order valence-corrected chi connectivity index (χ1v) is 5.03. The average molecular weight is 234 g/mol. The minimum Gasteiger partial charge on any atom is -0.476 e. The van der Waals surface area contributed by atoms with Crippen molar-refractivity contribution in [3.8, 4) is 11.3 Å². The fraction of sp³-hybridized carbons (Fsp3) is 0.167. The van der Waals surface area contributed by atoms with Crippen molar-refractivity contribution >= 4 is 5.97 Å². The van der Waals surface area contributed by atoms with E-state index in [0.717, 1.165) is 0 Å². The molecule has 1 N–H and O–H groups in total. The first-order chi connectivity index (χ1) is 8.00. The van der Waals surface area contributed by atoms with E-state index in [9.17, 15) is 9.18 Å². The Hall–Kier alpha value is -2.17. The molecule has 17 heavy (non-hydrogen) atoms. The third-order valence-corrected chi connectivity index (χ3v) is 2.64. The van der Waals surface area contributed by atoms with E-state index in [2.05, 4.69) is 4.98 Å². The summed E-state index contributed by atoms with van der Waals surface area (Å²) in [4.78, 5) is 15.1. The van der Waals surface area contributed by atoms with Gasteiger partial charge in [0.1, 0.15) is 11.6 Å². The Morgan fingerprint density at radius 1 is 1.35 bits per heavy atom. The molecule has 0 spiro atoms. The number of hydrogen-bond acceptors (Lipinski definition) is 2. The maximum absolute atomic E-state index is 12.8. The number of aromatic nitrogens is 2. The molecule has 0 saturated heterocycles. The average Bonchev–Trinajstić information content (AvgIpc) is 2.57. The molecular weight excluding hydrogens is 223 g/mol. The normalized spacial score (nSPS) is 10.5. The summed E-state index contributed by atoms with van der Waals surface area (Å²) in [5, 5.41) is 9.07. The van der Waals surface area contributed by atoms with Gasteiger partial charge in [-0.15, -0.1) is 0 Å². The van der Waals surface area contributed by atoms with Crippen LogP contribution in [0.1, 0.15) is 16.3 Å². The van der Waals surface area contributed by atoms with Crippen molar-refractivity contribution < 1.29 is 14.3 Å². The van der Waals surface area contributed by atoms with Crippen LogP contribution >= 0.6 is 0 Å². The van der Waals surface area contributed by atoms with E-state index < -0.39 is 5.97 Å². The van der Waals surface area contributed by atoms with Gasteiger partial charge in [-0.25, -0.2) is 14.2 Å². The van der Waals surface area contributed by atoms with Crippen LogP contribution in [0.3, 0.4) is 0 Å². The number of halogens is 1. The molecule has 4 nitrogen and oxygen atoms in total. The summed E-state index contributed by atoms with van der Waals surface area (Å²) < 4.78 is 14.5. The molecule has 0 aliphatic carbocycles. The molecule has 0 atom stereocenters. The Morgan fingerprint density at radius 3 is 2.47 bits per heavy atom. The Morgan fingerprint density at radius 2 is 1.94 bits per heavy atom. The quantitative estimate of drug-likeness (QED) is 0.866. The highest BCUT2D eigenvalue weighted by Crippen LogP contribution is 2.24. The standard InChI is InChI=1S/C12H11FN2O2/c1-7-14-10(12(16)17)11(15(7)2)8-3-5-9(13)6-4-8/h3-6H,1-2H3,(H,16,17). The van der Waals surface area contributed by atoms with E-state index in [4.69, 9.17) is 5.11 Å². The summed E-state index contributed by atoms with van der Waals surface area (Å²) >= 11 is 0. The Balaban J connectivity index is 2.65. The highest BCUT2D eigenvalue weighted by atomic mass is 19.1. The topological polar surface area (TPSA) is 55.1 Å². The number of imidazole rings is 1. The van der Waals surface area contributed by atoms with Gasteiger partial charge in [0.25, 0.3) is 0 Å². The fourth-order valence-corrected chi connectivity index (χ4v) is 1.70. The summed E-state index contributed by atoms with van der Waals surface area (Å²) in [7, 11) is 1.73. The maximum Gasteiger partial charge on any atom is 0.356 e. The molecule has 0 unspecified atom stereocenters. The van der Waals surface area contributed by atoms with Crippen molar-refractivity contribution in [2.75, 3.05) is 0 Å². The third-order valence-electron chi connectivity index (χ3n) is 2.64. The highest BCUT2D eigenvalue weighted by Gasteiger charge is 2.19. The molecule has 5 heteroatoms. The van der Waals surface area contributed by atoms with Crippen LogP contribution in [0.5, 0.6) is 0 Å². The Kier molecular flexibility index (Phi) is 2.67. The number of hydrogen-bond donors (Lipinski definition) is 1. The first-order valence-electron chi connectivity index (χ1n) is 5.03. The Bertz CT molecular complexity index is 573. The van der Waals surface area contributed by atoms with Crippen LogP contribution in [0.25, 0.3) is 11.3 Å². The maximum atomic E-state index is 12.8. The molecule has 0 fully saturated rings. The van der Waals surface area contributed by atoms with Gasteiger partial charge in [-0.3, -0.25) is 0 Å². The van der Waals surface area contributed by atoms with Crippen LogP contribution in [-0.4, -0.2) is 20.6 Å². The van der Waals surface area contributed by atoms with Crippen LogP contribution in [0, 0.1) is 12.7 Å². The Labute approximate surface area is 97.3 Å². The summed E-state index contributed by atoms with van der Waals surface area (Å²) in [5.74, 6) is -0.848. The lowest BCUT2D eigenvalue weighted by atomic mass is 10.1. The number of nitrogens with zero attached hydrogens (tertiary/aromatic N) is 2. The summed E-state index contributed by atoms with van der Waals surface area (Å²) in [6.07, 6.45) is 0. The van der Waals surface area contributed by atoms with Gasteiger partial charge in [-0.2, -0.15) is 0 Å². The summed E-state index contributed by atoms with van der Waals surface area (Å²) in [6, 6.07) is 5.67. The second-order valence-electron chi connectivity index (χ2n) is 3.73. The van der Waals surface area contributed by atoms with E-state index >= 15 is 0 Å². The van der Waals surface area contributed by atoms with Crippen molar-refractivity contribution in [2.24, 2.45) is 7.05 Å². The second-order valence-corrected chi connectivity index (χ2v) is 3.73. The van der Waals surface area contributed by atoms with Crippen LogP contribution in [0.2, 0.25) is 0 Å². The second kappa shape index (κ2) is 4.01. The fourth-order valence-electron chi connectivity index (χ4n) is 1.70. The van der Waals surface area contributed by atoms with E-state index in [0.29, 0.717) is 17.1 Å². The van der Waals surface area contributed by atoms with Gasteiger partial charge in [0.15, 0.2) is 5.69 Å². The van der Waals surface area contributed by atoms with E-state index in [1.807, 2.05) is 0 Å². The number of aryl methyl sites for hydroxylation is 1. The van der Waals surface area contributed by atoms with Gasteiger partial charge in [0, 0.05) is 12.6 Å². The number of aromatic carboxylic acids is 1. The molecule has 1 aromatic heterocycles. The van der Waals surface area contributed by atoms with Crippen LogP contribution in [0.4, 0.5) is 4.39 Å². The van der Waals surface area contributed by atoms with Crippen LogP contribution in [0.15, 0.2) is 24.3 Å². The van der Waals surface area contributed by atoms with Crippen LogP contribution < -0.4 is 0 Å². The van der Waals surface area contributed by atoms with E-state index in [-0.39, 0.29) is 11.5 Å². The van der Waals surface area contributed by atoms with E-state index in [1.165, 1.54) is 24.3 Å². The minimum atomic E-state index is -1.09. The van der Waals surface area contributed by atoms with Gasteiger partial charge in [-0.05, 0) is 31.2 Å². The zero-order chi connectivity index (χ0) is 12.6. The van der Waals surface area contributed by atoms with Gasteiger partial charge >= 0.3 is 5.97 Å². The zero-order valence-electron chi connectivity index (χ0n) is 9.44. The van der Waals surface area contributed by atoms with Gasteiger partial charge in [0.2, 0.25) is 0 Å². The summed E-state index contributed by atoms with van der Waals surface area (Å²) in [5.41, 5.74) is 1.10. The lowest BCUT2D eigenvalue weighted by molar-refractivity contribution is 0.0692. The smallest absolute Gasteiger partial charge is 0.356 e. The molecule has 0 aliphatic rings. The predicted molar refractivity (Wildman–Crippen MR) is 60.3 cm³/mol. The number of rotatable bonds is 2. The number of benzene rings is 1. The predicted octanol–water partition coefficient (Wildman–Crippen LogP) is 2.23. The van der Waals surface area contributed by atoms with Crippen molar-refractivity contribution in [1.82, 2.24) is 9.55 Å². The molecule has 2 aromatic rings. The molecular formula is C12H11FN2O2. The minimum absolute atomic E-state index is 0.0170. The van der Waals surface area contributed by atoms with Gasteiger partial charge < -0.3 is 9.67 Å². The van der Waals surface area contributed by atoms with Crippen LogP contribution in [-0.2, 0) is 7.05 Å². The molecule has 0 radical (unpaired) electrons. The largest absolute Gasteiger partial charge is 0.476 e. The molecule has 1 heterocycles. The van der Waals surface area contributed by atoms with Crippen molar-refractivity contribution in [3.05, 3.63) is 41.6 Å². The first kappa shape index (κ1) is 11.3. The van der Waals surface area contributed by atoms with E-state index in [1.54, 1.807) is 18.5 Å². The highest BCUT2D eigenvalue weighted by molar-refractivity contribution is 5.93. The molecule has 1 aromatic carbocycles. The van der Waals surface area contributed by atoms with Gasteiger partial charge in [0.05, 0.1) is 5.69 Å². The summed E-state index contributed by atoms with van der Waals surface area (Å²) in [6.45, 7) is 1.72. The molecule has 0 saturated carbocycles. The van der Waals surface area contributed by atoms with Crippen molar-refractivity contribution in [2.45, 2.75) is 6.92 Å². The van der Waals surface area contributed by atoms with Gasteiger partial charge in [-0.1, -0.05) is 0 Å². The monoisotopic (exact) mass is 234 g/mol. The number of carboxylic acids is 1. The van der Waals surface area contributed by atoms with Crippen molar-refractivity contribution in [1.29, 1.82) is 0 Å². The molecule has 0 aliphatic heterocycles. The molecule has 0 amide bonds. The molecule has 2 rings (SSSR count). The molecule has 0 bridgehead atoms. The zero-order valence-corrected chi connectivity index (χ0v) is 9.44. The molecule has 88 valence electrons. The number of carbonyl (C=O) groups is 1. The SMILES string of the molecule is Cc1nc(C(=O)O)c(-c2ccc(F)cc2)n1C. The van der Waals surface area contributed by atoms with Crippen molar-refractivity contribution in [3.63, 3.8) is 0 Å².